The Kier molecular flexibility index (Phi) is 5.52. The van der Waals surface area contributed by atoms with Crippen LogP contribution in [-0.2, 0) is 11.8 Å². The molecule has 2 aromatic heterocycles. The van der Waals surface area contributed by atoms with Gasteiger partial charge >= 0.3 is 0 Å². The van der Waals surface area contributed by atoms with Gasteiger partial charge in [0.1, 0.15) is 0 Å². The van der Waals surface area contributed by atoms with Crippen molar-refractivity contribution in [2.45, 2.75) is 19.4 Å². The van der Waals surface area contributed by atoms with E-state index in [2.05, 4.69) is 33.2 Å². The summed E-state index contributed by atoms with van der Waals surface area (Å²) in [6, 6.07) is 10.4. The zero-order valence-electron chi connectivity index (χ0n) is 18.3. The van der Waals surface area contributed by atoms with Gasteiger partial charge in [-0.3, -0.25) is 19.2 Å². The molecular formula is C23H26N6O2S. The van der Waals surface area contributed by atoms with E-state index in [1.54, 1.807) is 6.20 Å². The highest BCUT2D eigenvalue weighted by atomic mass is 32.1. The van der Waals surface area contributed by atoms with Crippen molar-refractivity contribution in [3.63, 3.8) is 0 Å². The van der Waals surface area contributed by atoms with Crippen LogP contribution in [0.4, 0.5) is 5.69 Å². The second-order valence-corrected chi connectivity index (χ2v) is 9.26. The van der Waals surface area contributed by atoms with Crippen LogP contribution in [0.1, 0.15) is 21.9 Å². The van der Waals surface area contributed by atoms with Gasteiger partial charge in [-0.25, -0.2) is 4.98 Å². The Balaban J connectivity index is 1.21. The summed E-state index contributed by atoms with van der Waals surface area (Å²) in [5.74, 6) is 0.160. The van der Waals surface area contributed by atoms with Crippen LogP contribution in [0.5, 0.6) is 0 Å². The number of piperazine rings is 1. The fourth-order valence-electron chi connectivity index (χ4n) is 4.63. The Morgan fingerprint density at radius 3 is 2.50 bits per heavy atom. The minimum absolute atomic E-state index is 0.00693. The number of rotatable bonds is 4. The molecule has 8 nitrogen and oxygen atoms in total. The normalized spacial score (nSPS) is 19.7. The summed E-state index contributed by atoms with van der Waals surface area (Å²) < 4.78 is 1.88. The summed E-state index contributed by atoms with van der Waals surface area (Å²) in [4.78, 5) is 35.5. The quantitative estimate of drug-likeness (QED) is 0.610. The third-order valence-corrected chi connectivity index (χ3v) is 7.08. The van der Waals surface area contributed by atoms with Gasteiger partial charge < -0.3 is 9.80 Å². The van der Waals surface area contributed by atoms with Gasteiger partial charge in [0, 0.05) is 69.5 Å². The number of thiazole rings is 1. The van der Waals surface area contributed by atoms with Gasteiger partial charge in [0.15, 0.2) is 5.01 Å². The molecule has 1 aromatic carbocycles. The summed E-state index contributed by atoms with van der Waals surface area (Å²) in [5, 5.41) is 6.78. The molecule has 9 heteroatoms. The standard InChI is InChI=1S/C23H26N6O2S/c1-16-13-20(26(2)25-16)17-3-5-18(6-4-17)29-15-19(14-21(29)30)27-8-10-28(11-9-27)23(31)22-24-7-12-32-22/h3-7,12-13,19H,8-11,14-15H2,1-2H3. The van der Waals surface area contributed by atoms with Crippen LogP contribution < -0.4 is 4.90 Å². The molecule has 1 atom stereocenters. The minimum Gasteiger partial charge on any atom is -0.334 e. The van der Waals surface area contributed by atoms with Crippen LogP contribution in [-0.4, -0.2) is 75.1 Å². The van der Waals surface area contributed by atoms with Crippen LogP contribution in [0.15, 0.2) is 41.9 Å². The van der Waals surface area contributed by atoms with E-state index in [-0.39, 0.29) is 17.9 Å². The monoisotopic (exact) mass is 450 g/mol. The Morgan fingerprint density at radius 2 is 1.88 bits per heavy atom. The van der Waals surface area contributed by atoms with E-state index in [1.165, 1.54) is 11.3 Å². The molecule has 0 N–H and O–H groups in total. The predicted octanol–water partition coefficient (Wildman–Crippen LogP) is 2.42. The fraction of sp³-hybridized carbons (Fsp3) is 0.391. The van der Waals surface area contributed by atoms with Crippen molar-refractivity contribution in [2.75, 3.05) is 37.6 Å². The van der Waals surface area contributed by atoms with Crippen molar-refractivity contribution >= 4 is 28.8 Å². The number of benzene rings is 1. The first-order valence-corrected chi connectivity index (χ1v) is 11.7. The zero-order chi connectivity index (χ0) is 22.2. The van der Waals surface area contributed by atoms with Crippen LogP contribution in [0.3, 0.4) is 0 Å². The minimum atomic E-state index is 0.00693. The van der Waals surface area contributed by atoms with E-state index in [1.807, 2.05) is 46.0 Å². The smallest absolute Gasteiger partial charge is 0.282 e. The molecule has 4 heterocycles. The van der Waals surface area contributed by atoms with E-state index in [0.717, 1.165) is 35.7 Å². The molecule has 2 aliphatic rings. The van der Waals surface area contributed by atoms with E-state index < -0.39 is 0 Å². The topological polar surface area (TPSA) is 74.6 Å². The number of carbonyl (C=O) groups is 2. The molecule has 0 saturated carbocycles. The van der Waals surface area contributed by atoms with Gasteiger partial charge in [-0.2, -0.15) is 5.10 Å². The fourth-order valence-corrected chi connectivity index (χ4v) is 5.23. The average molecular weight is 451 g/mol. The van der Waals surface area contributed by atoms with E-state index in [9.17, 15) is 9.59 Å². The molecular weight excluding hydrogens is 424 g/mol. The van der Waals surface area contributed by atoms with Gasteiger partial charge in [0.05, 0.1) is 11.4 Å². The third kappa shape index (κ3) is 3.93. The van der Waals surface area contributed by atoms with Crippen LogP contribution in [0, 0.1) is 6.92 Å². The summed E-state index contributed by atoms with van der Waals surface area (Å²) >= 11 is 1.38. The molecule has 2 aliphatic heterocycles. The highest BCUT2D eigenvalue weighted by Crippen LogP contribution is 2.28. The Hall–Kier alpha value is -3.04. The van der Waals surface area contributed by atoms with Crippen molar-refractivity contribution in [1.82, 2.24) is 24.6 Å². The molecule has 0 spiro atoms. The number of aromatic nitrogens is 3. The average Bonchev–Trinajstić information content (AvgIpc) is 3.54. The molecule has 3 aromatic rings. The maximum absolute atomic E-state index is 12.8. The second kappa shape index (κ2) is 8.48. The summed E-state index contributed by atoms with van der Waals surface area (Å²) in [5.41, 5.74) is 4.06. The summed E-state index contributed by atoms with van der Waals surface area (Å²) in [7, 11) is 1.94. The number of hydrogen-bond acceptors (Lipinski definition) is 6. The first-order valence-electron chi connectivity index (χ1n) is 10.8. The molecule has 0 radical (unpaired) electrons. The molecule has 2 saturated heterocycles. The predicted molar refractivity (Wildman–Crippen MR) is 124 cm³/mol. The zero-order valence-corrected chi connectivity index (χ0v) is 19.1. The Labute approximate surface area is 191 Å². The Morgan fingerprint density at radius 1 is 1.12 bits per heavy atom. The number of carbonyl (C=O) groups excluding carboxylic acids is 2. The number of nitrogens with zero attached hydrogens (tertiary/aromatic N) is 6. The van der Waals surface area contributed by atoms with Gasteiger partial charge in [-0.05, 0) is 30.7 Å². The number of aryl methyl sites for hydroxylation is 2. The lowest BCUT2D eigenvalue weighted by Crippen LogP contribution is -2.52. The first kappa shape index (κ1) is 20.8. The second-order valence-electron chi connectivity index (χ2n) is 8.37. The first-order chi connectivity index (χ1) is 15.5. The molecule has 5 rings (SSSR count). The van der Waals surface area contributed by atoms with Crippen LogP contribution >= 0.6 is 11.3 Å². The molecule has 32 heavy (non-hydrogen) atoms. The number of anilines is 1. The highest BCUT2D eigenvalue weighted by molar-refractivity contribution is 7.11. The lowest BCUT2D eigenvalue weighted by atomic mass is 10.1. The molecule has 2 amide bonds. The van der Waals surface area contributed by atoms with E-state index in [4.69, 9.17) is 0 Å². The van der Waals surface area contributed by atoms with Crippen LogP contribution in [0.25, 0.3) is 11.3 Å². The van der Waals surface area contributed by atoms with Gasteiger partial charge in [-0.15, -0.1) is 11.3 Å². The van der Waals surface area contributed by atoms with Crippen LogP contribution in [0.2, 0.25) is 0 Å². The summed E-state index contributed by atoms with van der Waals surface area (Å²) in [6.07, 6.45) is 2.18. The van der Waals surface area contributed by atoms with Crippen molar-refractivity contribution in [1.29, 1.82) is 0 Å². The Bertz CT molecular complexity index is 1120. The van der Waals surface area contributed by atoms with Gasteiger partial charge in [0.25, 0.3) is 5.91 Å². The molecule has 0 aliphatic carbocycles. The van der Waals surface area contributed by atoms with Gasteiger partial charge in [-0.1, -0.05) is 12.1 Å². The lowest BCUT2D eigenvalue weighted by molar-refractivity contribution is -0.117. The van der Waals surface area contributed by atoms with E-state index in [0.29, 0.717) is 31.1 Å². The lowest BCUT2D eigenvalue weighted by Gasteiger charge is -2.37. The highest BCUT2D eigenvalue weighted by Gasteiger charge is 2.36. The molecule has 2 fully saturated rings. The van der Waals surface area contributed by atoms with Crippen molar-refractivity contribution in [3.05, 3.63) is 52.6 Å². The largest absolute Gasteiger partial charge is 0.334 e. The van der Waals surface area contributed by atoms with Crippen molar-refractivity contribution < 1.29 is 9.59 Å². The SMILES string of the molecule is Cc1cc(-c2ccc(N3CC(N4CCN(C(=O)c5nccs5)CC4)CC3=O)cc2)n(C)n1. The maximum atomic E-state index is 12.8. The van der Waals surface area contributed by atoms with E-state index >= 15 is 0 Å². The summed E-state index contributed by atoms with van der Waals surface area (Å²) in [6.45, 7) is 5.56. The number of amides is 2. The molecule has 0 bridgehead atoms. The third-order valence-electron chi connectivity index (χ3n) is 6.31. The number of hydrogen-bond donors (Lipinski definition) is 0. The van der Waals surface area contributed by atoms with Crippen molar-refractivity contribution in [3.8, 4) is 11.3 Å². The van der Waals surface area contributed by atoms with Crippen molar-refractivity contribution in [2.24, 2.45) is 7.05 Å². The maximum Gasteiger partial charge on any atom is 0.282 e. The molecule has 166 valence electrons. The van der Waals surface area contributed by atoms with Gasteiger partial charge in [0.2, 0.25) is 5.91 Å². The molecule has 1 unspecified atom stereocenters.